The number of aromatic nitrogens is 1. The summed E-state index contributed by atoms with van der Waals surface area (Å²) in [5, 5.41) is 4.89. The maximum atomic E-state index is 12.1. The van der Waals surface area contributed by atoms with E-state index in [2.05, 4.69) is 26.2 Å². The molecule has 0 radical (unpaired) electrons. The number of halogens is 1. The molecule has 0 saturated heterocycles. The van der Waals surface area contributed by atoms with Gasteiger partial charge in [-0.05, 0) is 31.2 Å². The number of rotatable bonds is 5. The zero-order valence-corrected chi connectivity index (χ0v) is 14.4. The first-order chi connectivity index (χ1) is 9.87. The highest BCUT2D eigenvalue weighted by atomic mass is 79.9. The quantitative estimate of drug-likeness (QED) is 0.853. The Morgan fingerprint density at radius 1 is 1.33 bits per heavy atom. The minimum Gasteiger partial charge on any atom is -0.302 e. The second kappa shape index (κ2) is 6.67. The van der Waals surface area contributed by atoms with E-state index in [9.17, 15) is 13.2 Å². The van der Waals surface area contributed by atoms with E-state index in [1.807, 2.05) is 12.3 Å². The van der Waals surface area contributed by atoms with Gasteiger partial charge in [0, 0.05) is 16.3 Å². The maximum Gasteiger partial charge on any atom is 0.227 e. The molecular formula is C13H13BrN2O3S2. The van der Waals surface area contributed by atoms with Gasteiger partial charge in [-0.25, -0.2) is 13.4 Å². The highest BCUT2D eigenvalue weighted by molar-refractivity contribution is 9.10. The SMILES string of the molecule is Cc1csc(NC(=O)CCS(=O)(=O)c2ccc(Br)cc2)n1. The third kappa shape index (κ3) is 4.62. The average molecular weight is 389 g/mol. The summed E-state index contributed by atoms with van der Waals surface area (Å²) < 4.78 is 25.0. The van der Waals surface area contributed by atoms with Crippen molar-refractivity contribution < 1.29 is 13.2 Å². The molecule has 0 aliphatic rings. The van der Waals surface area contributed by atoms with Crippen LogP contribution in [0.4, 0.5) is 5.13 Å². The van der Waals surface area contributed by atoms with Crippen molar-refractivity contribution in [3.05, 3.63) is 39.8 Å². The topological polar surface area (TPSA) is 76.1 Å². The lowest BCUT2D eigenvalue weighted by atomic mass is 10.4. The second-order valence-electron chi connectivity index (χ2n) is 4.37. The van der Waals surface area contributed by atoms with Gasteiger partial charge in [-0.2, -0.15) is 0 Å². The summed E-state index contributed by atoms with van der Waals surface area (Å²) in [6.07, 6.45) is -0.100. The van der Waals surface area contributed by atoms with Gasteiger partial charge in [0.05, 0.1) is 16.3 Å². The Morgan fingerprint density at radius 3 is 2.57 bits per heavy atom. The number of carbonyl (C=O) groups is 1. The molecule has 1 amide bonds. The van der Waals surface area contributed by atoms with Crippen LogP contribution in [-0.4, -0.2) is 25.1 Å². The lowest BCUT2D eigenvalue weighted by Crippen LogP contribution is -2.17. The fourth-order valence-corrected chi connectivity index (χ4v) is 3.79. The van der Waals surface area contributed by atoms with Crippen molar-refractivity contribution in [3.8, 4) is 0 Å². The van der Waals surface area contributed by atoms with E-state index in [4.69, 9.17) is 0 Å². The number of benzene rings is 1. The van der Waals surface area contributed by atoms with Crippen molar-refractivity contribution in [2.45, 2.75) is 18.2 Å². The first-order valence-corrected chi connectivity index (χ1v) is 9.39. The number of thiazole rings is 1. The standard InChI is InChI=1S/C13H13BrN2O3S2/c1-9-8-20-13(15-9)16-12(17)6-7-21(18,19)11-4-2-10(14)3-5-11/h2-5,8H,6-7H2,1H3,(H,15,16,17). The van der Waals surface area contributed by atoms with Gasteiger partial charge in [0.1, 0.15) is 0 Å². The molecule has 0 bridgehead atoms. The molecule has 0 spiro atoms. The number of nitrogens with one attached hydrogen (secondary N) is 1. The fourth-order valence-electron chi connectivity index (χ4n) is 1.58. The summed E-state index contributed by atoms with van der Waals surface area (Å²) in [5.74, 6) is -0.588. The molecule has 0 aliphatic heterocycles. The van der Waals surface area contributed by atoms with Crippen molar-refractivity contribution in [2.75, 3.05) is 11.1 Å². The predicted octanol–water partition coefficient (Wildman–Crippen LogP) is 3.02. The van der Waals surface area contributed by atoms with Crippen molar-refractivity contribution in [1.29, 1.82) is 0 Å². The minimum atomic E-state index is -3.46. The summed E-state index contributed by atoms with van der Waals surface area (Å²) in [5.41, 5.74) is 0.817. The molecule has 1 aromatic heterocycles. The monoisotopic (exact) mass is 388 g/mol. The van der Waals surface area contributed by atoms with Crippen molar-refractivity contribution >= 4 is 48.1 Å². The molecule has 0 aliphatic carbocycles. The van der Waals surface area contributed by atoms with E-state index in [0.29, 0.717) is 5.13 Å². The normalized spacial score (nSPS) is 11.3. The summed E-state index contributed by atoms with van der Waals surface area (Å²) in [7, 11) is -3.46. The molecule has 8 heteroatoms. The van der Waals surface area contributed by atoms with Crippen LogP contribution in [0.1, 0.15) is 12.1 Å². The molecule has 0 unspecified atom stereocenters. The summed E-state index contributed by atoms with van der Waals surface area (Å²) in [6, 6.07) is 6.35. The Balaban J connectivity index is 1.95. The molecular weight excluding hydrogens is 376 g/mol. The number of sulfone groups is 1. The molecule has 0 fully saturated rings. The Kier molecular flexibility index (Phi) is 5.13. The van der Waals surface area contributed by atoms with Crippen LogP contribution in [0.2, 0.25) is 0 Å². The third-order valence-corrected chi connectivity index (χ3v) is 5.77. The first kappa shape index (κ1) is 16.1. The van der Waals surface area contributed by atoms with Crippen LogP contribution in [0.25, 0.3) is 0 Å². The van der Waals surface area contributed by atoms with E-state index in [-0.39, 0.29) is 23.0 Å². The van der Waals surface area contributed by atoms with Crippen LogP contribution in [0.5, 0.6) is 0 Å². The van der Waals surface area contributed by atoms with E-state index >= 15 is 0 Å². The molecule has 1 N–H and O–H groups in total. The zero-order valence-electron chi connectivity index (χ0n) is 11.2. The molecule has 0 atom stereocenters. The number of hydrogen-bond donors (Lipinski definition) is 1. The second-order valence-corrected chi connectivity index (χ2v) is 8.25. The summed E-state index contributed by atoms with van der Waals surface area (Å²) >= 11 is 4.56. The molecule has 2 rings (SSSR count). The Bertz CT molecular complexity index is 739. The van der Waals surface area contributed by atoms with Gasteiger partial charge in [-0.1, -0.05) is 15.9 Å². The van der Waals surface area contributed by atoms with E-state index < -0.39 is 9.84 Å². The van der Waals surface area contributed by atoms with Crippen molar-refractivity contribution in [1.82, 2.24) is 4.98 Å². The van der Waals surface area contributed by atoms with Crippen LogP contribution < -0.4 is 5.32 Å². The van der Waals surface area contributed by atoms with E-state index in [0.717, 1.165) is 10.2 Å². The van der Waals surface area contributed by atoms with Gasteiger partial charge >= 0.3 is 0 Å². The van der Waals surface area contributed by atoms with Crippen LogP contribution >= 0.6 is 27.3 Å². The van der Waals surface area contributed by atoms with Crippen LogP contribution in [0, 0.1) is 6.92 Å². The Hall–Kier alpha value is -1.25. The number of hydrogen-bond acceptors (Lipinski definition) is 5. The van der Waals surface area contributed by atoms with Gasteiger partial charge < -0.3 is 5.32 Å². The first-order valence-electron chi connectivity index (χ1n) is 6.07. The van der Waals surface area contributed by atoms with Gasteiger partial charge in [-0.3, -0.25) is 4.79 Å². The maximum absolute atomic E-state index is 12.1. The van der Waals surface area contributed by atoms with E-state index in [1.54, 1.807) is 12.1 Å². The fraction of sp³-hybridized carbons (Fsp3) is 0.231. The molecule has 0 saturated carbocycles. The molecule has 112 valence electrons. The number of carbonyl (C=O) groups excluding carboxylic acids is 1. The van der Waals surface area contributed by atoms with Crippen molar-refractivity contribution in [3.63, 3.8) is 0 Å². The highest BCUT2D eigenvalue weighted by Crippen LogP contribution is 2.17. The molecule has 1 aromatic carbocycles. The molecule has 2 aromatic rings. The smallest absolute Gasteiger partial charge is 0.227 e. The summed E-state index contributed by atoms with van der Waals surface area (Å²) in [4.78, 5) is 16.0. The molecule has 5 nitrogen and oxygen atoms in total. The van der Waals surface area contributed by atoms with Crippen LogP contribution in [-0.2, 0) is 14.6 Å². The Labute approximate surface area is 135 Å². The average Bonchev–Trinajstić information content (AvgIpc) is 2.82. The molecule has 1 heterocycles. The summed E-state index contributed by atoms with van der Waals surface area (Å²) in [6.45, 7) is 1.82. The van der Waals surface area contributed by atoms with Crippen molar-refractivity contribution in [2.24, 2.45) is 0 Å². The number of anilines is 1. The number of nitrogens with zero attached hydrogens (tertiary/aromatic N) is 1. The zero-order chi connectivity index (χ0) is 15.5. The Morgan fingerprint density at radius 2 is 2.00 bits per heavy atom. The molecule has 21 heavy (non-hydrogen) atoms. The minimum absolute atomic E-state index is 0.100. The van der Waals surface area contributed by atoms with Gasteiger partial charge in [0.15, 0.2) is 15.0 Å². The lowest BCUT2D eigenvalue weighted by Gasteiger charge is -2.05. The van der Waals surface area contributed by atoms with Gasteiger partial charge in [-0.15, -0.1) is 11.3 Å². The van der Waals surface area contributed by atoms with E-state index in [1.165, 1.54) is 23.5 Å². The number of amides is 1. The third-order valence-electron chi connectivity index (χ3n) is 2.64. The van der Waals surface area contributed by atoms with Gasteiger partial charge in [0.25, 0.3) is 0 Å². The van der Waals surface area contributed by atoms with Crippen LogP contribution in [0.3, 0.4) is 0 Å². The van der Waals surface area contributed by atoms with Crippen LogP contribution in [0.15, 0.2) is 39.0 Å². The number of aryl methyl sites for hydroxylation is 1. The highest BCUT2D eigenvalue weighted by Gasteiger charge is 2.16. The predicted molar refractivity (Wildman–Crippen MR) is 86.3 cm³/mol. The largest absolute Gasteiger partial charge is 0.302 e. The van der Waals surface area contributed by atoms with Gasteiger partial charge in [0.2, 0.25) is 5.91 Å². The lowest BCUT2D eigenvalue weighted by molar-refractivity contribution is -0.115.